The Morgan fingerprint density at radius 1 is 1.20 bits per heavy atom. The molecule has 2 N–H and O–H groups in total. The summed E-state index contributed by atoms with van der Waals surface area (Å²) < 4.78 is 24.1. The number of nitrogens with one attached hydrogen (secondary N) is 2. The van der Waals surface area contributed by atoms with E-state index in [-0.39, 0.29) is 0 Å². The smallest absolute Gasteiger partial charge is 0.208 e. The molecule has 1 rings (SSSR count). The van der Waals surface area contributed by atoms with Gasteiger partial charge < -0.3 is 5.32 Å². The van der Waals surface area contributed by atoms with Crippen LogP contribution < -0.4 is 10.0 Å². The van der Waals surface area contributed by atoms with Crippen molar-refractivity contribution < 1.29 is 8.42 Å². The molecular formula is C10H22N2O2S. The van der Waals surface area contributed by atoms with Crippen molar-refractivity contribution in [2.24, 2.45) is 5.92 Å². The Bertz CT molecular complexity index is 277. The molecule has 0 aromatic heterocycles. The van der Waals surface area contributed by atoms with Crippen LogP contribution in [-0.2, 0) is 10.0 Å². The lowest BCUT2D eigenvalue weighted by atomic mass is 9.86. The van der Waals surface area contributed by atoms with Crippen molar-refractivity contribution in [1.82, 2.24) is 10.0 Å². The molecule has 0 spiro atoms. The molecule has 4 nitrogen and oxygen atoms in total. The first-order valence-electron chi connectivity index (χ1n) is 5.67. The molecule has 0 amide bonds. The van der Waals surface area contributed by atoms with Gasteiger partial charge in [0.1, 0.15) is 0 Å². The number of rotatable bonds is 5. The fourth-order valence-corrected chi connectivity index (χ4v) is 2.59. The molecule has 2 atom stereocenters. The van der Waals surface area contributed by atoms with Crippen molar-refractivity contribution in [1.29, 1.82) is 0 Å². The van der Waals surface area contributed by atoms with Crippen LogP contribution in [0.5, 0.6) is 0 Å². The average Bonchev–Trinajstić information content (AvgIpc) is 2.13. The van der Waals surface area contributed by atoms with E-state index in [1.807, 2.05) is 0 Å². The lowest BCUT2D eigenvalue weighted by Crippen LogP contribution is -2.41. The highest BCUT2D eigenvalue weighted by Gasteiger charge is 2.20. The van der Waals surface area contributed by atoms with E-state index in [9.17, 15) is 8.42 Å². The summed E-state index contributed by atoms with van der Waals surface area (Å²) in [4.78, 5) is 0. The second-order valence-electron chi connectivity index (χ2n) is 4.49. The van der Waals surface area contributed by atoms with Gasteiger partial charge in [0.2, 0.25) is 10.0 Å². The van der Waals surface area contributed by atoms with Gasteiger partial charge in [-0.1, -0.05) is 19.8 Å². The van der Waals surface area contributed by atoms with Gasteiger partial charge in [0.25, 0.3) is 0 Å². The van der Waals surface area contributed by atoms with Crippen molar-refractivity contribution in [2.75, 3.05) is 19.3 Å². The topological polar surface area (TPSA) is 58.2 Å². The van der Waals surface area contributed by atoms with E-state index in [0.29, 0.717) is 12.6 Å². The summed E-state index contributed by atoms with van der Waals surface area (Å²) in [5.41, 5.74) is 0. The van der Waals surface area contributed by atoms with E-state index in [1.165, 1.54) is 31.9 Å². The number of hydrogen-bond donors (Lipinski definition) is 2. The molecule has 1 fully saturated rings. The molecule has 0 aromatic carbocycles. The summed E-state index contributed by atoms with van der Waals surface area (Å²) in [6.45, 7) is 3.48. The molecule has 0 heterocycles. The predicted molar refractivity (Wildman–Crippen MR) is 62.3 cm³/mol. The van der Waals surface area contributed by atoms with Crippen LogP contribution >= 0.6 is 0 Å². The Morgan fingerprint density at radius 3 is 2.47 bits per heavy atom. The summed E-state index contributed by atoms with van der Waals surface area (Å²) in [6.07, 6.45) is 6.33. The quantitative estimate of drug-likeness (QED) is 0.689. The van der Waals surface area contributed by atoms with Crippen molar-refractivity contribution in [3.05, 3.63) is 0 Å². The standard InChI is InChI=1S/C10H22N2O2S/c1-9-5-3-4-6-10(9)11-7-8-12-15(2,13)14/h9-12H,3-8H2,1-2H3. The highest BCUT2D eigenvalue weighted by Crippen LogP contribution is 2.23. The highest BCUT2D eigenvalue weighted by molar-refractivity contribution is 7.88. The molecule has 1 aliphatic rings. The molecule has 1 aliphatic carbocycles. The minimum absolute atomic E-state index is 0.488. The Hall–Kier alpha value is -0.130. The van der Waals surface area contributed by atoms with E-state index < -0.39 is 10.0 Å². The Balaban J connectivity index is 2.14. The van der Waals surface area contributed by atoms with Gasteiger partial charge in [-0.05, 0) is 18.8 Å². The van der Waals surface area contributed by atoms with Crippen LogP contribution in [-0.4, -0.2) is 33.8 Å². The molecule has 0 aromatic rings. The first kappa shape index (κ1) is 12.9. The Morgan fingerprint density at radius 2 is 1.87 bits per heavy atom. The molecule has 0 aliphatic heterocycles. The zero-order valence-corrected chi connectivity index (χ0v) is 10.4. The van der Waals surface area contributed by atoms with E-state index in [2.05, 4.69) is 17.0 Å². The molecule has 2 unspecified atom stereocenters. The molecule has 0 saturated heterocycles. The highest BCUT2D eigenvalue weighted by atomic mass is 32.2. The summed E-state index contributed by atoms with van der Waals surface area (Å²) >= 11 is 0. The molecule has 5 heteroatoms. The summed E-state index contributed by atoms with van der Waals surface area (Å²) in [5, 5.41) is 3.42. The first-order valence-corrected chi connectivity index (χ1v) is 7.56. The van der Waals surface area contributed by atoms with Gasteiger partial charge in [-0.3, -0.25) is 0 Å². The van der Waals surface area contributed by atoms with Crippen LogP contribution in [0.15, 0.2) is 0 Å². The van der Waals surface area contributed by atoms with Crippen LogP contribution in [0, 0.1) is 5.92 Å². The minimum atomic E-state index is -3.03. The zero-order valence-electron chi connectivity index (χ0n) is 9.62. The zero-order chi connectivity index (χ0) is 11.3. The van der Waals surface area contributed by atoms with Crippen LogP contribution in [0.2, 0.25) is 0 Å². The fourth-order valence-electron chi connectivity index (χ4n) is 2.11. The normalized spacial score (nSPS) is 27.9. The predicted octanol–water partition coefficient (Wildman–Crippen LogP) is 0.704. The maximum absolute atomic E-state index is 10.8. The molecule has 0 radical (unpaired) electrons. The monoisotopic (exact) mass is 234 g/mol. The summed E-state index contributed by atoms with van der Waals surface area (Å²) in [6, 6.07) is 0.570. The van der Waals surface area contributed by atoms with Crippen LogP contribution in [0.1, 0.15) is 32.6 Å². The van der Waals surface area contributed by atoms with Crippen LogP contribution in [0.4, 0.5) is 0 Å². The second-order valence-corrected chi connectivity index (χ2v) is 6.32. The largest absolute Gasteiger partial charge is 0.312 e. The third-order valence-corrected chi connectivity index (χ3v) is 3.74. The van der Waals surface area contributed by atoms with Crippen molar-refractivity contribution >= 4 is 10.0 Å². The SMILES string of the molecule is CC1CCCCC1NCCNS(C)(=O)=O. The summed E-state index contributed by atoms with van der Waals surface area (Å²) in [5.74, 6) is 0.719. The van der Waals surface area contributed by atoms with Gasteiger partial charge >= 0.3 is 0 Å². The maximum Gasteiger partial charge on any atom is 0.208 e. The van der Waals surface area contributed by atoms with Gasteiger partial charge in [0.05, 0.1) is 6.26 Å². The second kappa shape index (κ2) is 5.82. The lowest BCUT2D eigenvalue weighted by molar-refractivity contribution is 0.282. The Kier molecular flexibility index (Phi) is 5.02. The van der Waals surface area contributed by atoms with Crippen LogP contribution in [0.3, 0.4) is 0 Å². The summed E-state index contributed by atoms with van der Waals surface area (Å²) in [7, 11) is -3.03. The van der Waals surface area contributed by atoms with E-state index >= 15 is 0 Å². The van der Waals surface area contributed by atoms with Gasteiger partial charge in [-0.25, -0.2) is 13.1 Å². The van der Waals surface area contributed by atoms with E-state index in [0.717, 1.165) is 12.5 Å². The lowest BCUT2D eigenvalue weighted by Gasteiger charge is -2.29. The molecular weight excluding hydrogens is 212 g/mol. The van der Waals surface area contributed by atoms with Gasteiger partial charge in [-0.15, -0.1) is 0 Å². The van der Waals surface area contributed by atoms with Gasteiger partial charge in [-0.2, -0.15) is 0 Å². The van der Waals surface area contributed by atoms with E-state index in [1.54, 1.807) is 0 Å². The molecule has 0 bridgehead atoms. The number of hydrogen-bond acceptors (Lipinski definition) is 3. The Labute approximate surface area is 92.9 Å². The minimum Gasteiger partial charge on any atom is -0.312 e. The van der Waals surface area contributed by atoms with Crippen molar-refractivity contribution in [3.8, 4) is 0 Å². The van der Waals surface area contributed by atoms with Gasteiger partial charge in [0, 0.05) is 19.1 Å². The first-order chi connectivity index (χ1) is 6.99. The maximum atomic E-state index is 10.8. The fraction of sp³-hybridized carbons (Fsp3) is 1.00. The third-order valence-electron chi connectivity index (χ3n) is 3.01. The van der Waals surface area contributed by atoms with Gasteiger partial charge in [0.15, 0.2) is 0 Å². The number of sulfonamides is 1. The molecule has 15 heavy (non-hydrogen) atoms. The molecule has 1 saturated carbocycles. The third kappa shape index (κ3) is 5.49. The average molecular weight is 234 g/mol. The van der Waals surface area contributed by atoms with Crippen molar-refractivity contribution in [3.63, 3.8) is 0 Å². The van der Waals surface area contributed by atoms with Crippen molar-refractivity contribution in [2.45, 2.75) is 38.6 Å². The molecule has 90 valence electrons. The van der Waals surface area contributed by atoms with Crippen LogP contribution in [0.25, 0.3) is 0 Å². The van der Waals surface area contributed by atoms with E-state index in [4.69, 9.17) is 0 Å².